The van der Waals surface area contributed by atoms with Gasteiger partial charge in [0.05, 0.1) is 6.10 Å². The van der Waals surface area contributed by atoms with Gasteiger partial charge in [-0.3, -0.25) is 0 Å². The molecule has 20 heavy (non-hydrogen) atoms. The van der Waals surface area contributed by atoms with Crippen LogP contribution in [0.15, 0.2) is 28.7 Å². The molecule has 1 N–H and O–H groups in total. The van der Waals surface area contributed by atoms with Gasteiger partial charge in [-0.05, 0) is 85.8 Å². The van der Waals surface area contributed by atoms with E-state index in [-0.39, 0.29) is 6.10 Å². The van der Waals surface area contributed by atoms with Gasteiger partial charge >= 0.3 is 0 Å². The van der Waals surface area contributed by atoms with E-state index in [9.17, 15) is 5.11 Å². The molecule has 1 aromatic carbocycles. The topological polar surface area (TPSA) is 20.2 Å². The van der Waals surface area contributed by atoms with Gasteiger partial charge in [0.1, 0.15) is 0 Å². The van der Waals surface area contributed by atoms with Crippen molar-refractivity contribution in [2.45, 2.75) is 51.0 Å². The monoisotopic (exact) mass is 334 g/mol. The highest BCUT2D eigenvalue weighted by Crippen LogP contribution is 2.62. The molecule has 1 nitrogen and oxygen atoms in total. The molecule has 0 radical (unpaired) electrons. The van der Waals surface area contributed by atoms with Crippen LogP contribution in [0.1, 0.15) is 56.6 Å². The third-order valence-corrected chi connectivity index (χ3v) is 6.57. The zero-order chi connectivity index (χ0) is 13.7. The van der Waals surface area contributed by atoms with E-state index >= 15 is 0 Å². The smallest absolute Gasteiger partial charge is 0.0795 e. The number of rotatable bonds is 3. The summed E-state index contributed by atoms with van der Waals surface area (Å²) < 4.78 is 1.09. The molecule has 4 aliphatic rings. The molecule has 0 spiro atoms. The minimum Gasteiger partial charge on any atom is -0.388 e. The summed E-state index contributed by atoms with van der Waals surface area (Å²) in [5.41, 5.74) is 1.55. The van der Waals surface area contributed by atoms with Gasteiger partial charge in [0.2, 0.25) is 0 Å². The van der Waals surface area contributed by atoms with Crippen LogP contribution < -0.4 is 0 Å². The van der Waals surface area contributed by atoms with Crippen LogP contribution in [0.3, 0.4) is 0 Å². The fourth-order valence-corrected chi connectivity index (χ4v) is 6.02. The van der Waals surface area contributed by atoms with E-state index in [4.69, 9.17) is 0 Å². The van der Waals surface area contributed by atoms with Gasteiger partial charge in [0, 0.05) is 4.47 Å². The number of halogens is 1. The summed E-state index contributed by atoms with van der Waals surface area (Å²) in [5.74, 6) is 2.91. The number of hydrogen-bond donors (Lipinski definition) is 1. The molecule has 4 fully saturated rings. The second-order valence-corrected chi connectivity index (χ2v) is 8.60. The predicted molar refractivity (Wildman–Crippen MR) is 84.3 cm³/mol. The van der Waals surface area contributed by atoms with Gasteiger partial charge in [-0.1, -0.05) is 28.1 Å². The Kier molecular flexibility index (Phi) is 3.23. The van der Waals surface area contributed by atoms with Crippen LogP contribution in [-0.2, 0) is 0 Å². The fraction of sp³-hybridized carbons (Fsp3) is 0.667. The van der Waals surface area contributed by atoms with Crippen LogP contribution >= 0.6 is 15.9 Å². The molecule has 1 aromatic rings. The van der Waals surface area contributed by atoms with E-state index in [2.05, 4.69) is 28.1 Å². The van der Waals surface area contributed by atoms with Crippen molar-refractivity contribution in [1.29, 1.82) is 0 Å². The number of aliphatic hydroxyl groups excluding tert-OH is 1. The van der Waals surface area contributed by atoms with E-state index in [1.54, 1.807) is 0 Å². The predicted octanol–water partition coefficient (Wildman–Crippen LogP) is 5.09. The summed E-state index contributed by atoms with van der Waals surface area (Å²) in [5, 5.41) is 10.7. The lowest BCUT2D eigenvalue weighted by molar-refractivity contribution is -0.0764. The van der Waals surface area contributed by atoms with E-state index in [0.717, 1.165) is 34.2 Å². The third kappa shape index (κ3) is 2.35. The zero-order valence-corrected chi connectivity index (χ0v) is 13.5. The van der Waals surface area contributed by atoms with Gasteiger partial charge in [-0.15, -0.1) is 0 Å². The quantitative estimate of drug-likeness (QED) is 0.816. The van der Waals surface area contributed by atoms with Gasteiger partial charge in [0.25, 0.3) is 0 Å². The number of aliphatic hydroxyl groups is 1. The minimum absolute atomic E-state index is 0.278. The van der Waals surface area contributed by atoms with Crippen molar-refractivity contribution in [3.05, 3.63) is 34.3 Å². The van der Waals surface area contributed by atoms with Crippen LogP contribution in [-0.4, -0.2) is 5.11 Å². The molecule has 0 heterocycles. The normalized spacial score (nSPS) is 40.0. The number of benzene rings is 1. The summed E-state index contributed by atoms with van der Waals surface area (Å²) in [6, 6.07) is 8.21. The lowest BCUT2D eigenvalue weighted by Gasteiger charge is -2.57. The molecule has 2 heteroatoms. The first kappa shape index (κ1) is 13.3. The fourth-order valence-electron chi connectivity index (χ4n) is 5.75. The highest BCUT2D eigenvalue weighted by molar-refractivity contribution is 9.10. The van der Waals surface area contributed by atoms with Crippen LogP contribution in [0.5, 0.6) is 0 Å². The average molecular weight is 335 g/mol. The Morgan fingerprint density at radius 2 is 1.50 bits per heavy atom. The number of hydrogen-bond acceptors (Lipinski definition) is 1. The van der Waals surface area contributed by atoms with E-state index in [1.165, 1.54) is 38.5 Å². The molecule has 1 unspecified atom stereocenters. The molecular weight excluding hydrogens is 312 g/mol. The molecule has 1 atom stereocenters. The Balaban J connectivity index is 1.52. The lowest BCUT2D eigenvalue weighted by Crippen LogP contribution is -2.46. The van der Waals surface area contributed by atoms with Crippen LogP contribution in [0.4, 0.5) is 0 Å². The van der Waals surface area contributed by atoms with Crippen molar-refractivity contribution in [3.63, 3.8) is 0 Å². The second-order valence-electron chi connectivity index (χ2n) is 7.69. The zero-order valence-electron chi connectivity index (χ0n) is 11.9. The van der Waals surface area contributed by atoms with Crippen molar-refractivity contribution >= 4 is 15.9 Å². The molecule has 0 saturated heterocycles. The Morgan fingerprint density at radius 1 is 1.00 bits per heavy atom. The summed E-state index contributed by atoms with van der Waals surface area (Å²) in [4.78, 5) is 0. The average Bonchev–Trinajstić information content (AvgIpc) is 2.37. The maximum atomic E-state index is 10.7. The van der Waals surface area contributed by atoms with Gasteiger partial charge in [-0.25, -0.2) is 0 Å². The maximum absolute atomic E-state index is 10.7. The molecule has 4 saturated carbocycles. The summed E-state index contributed by atoms with van der Waals surface area (Å²) in [6.45, 7) is 0. The largest absolute Gasteiger partial charge is 0.388 e. The Morgan fingerprint density at radius 3 is 2.00 bits per heavy atom. The second kappa shape index (κ2) is 4.84. The molecule has 0 aliphatic heterocycles. The molecule has 0 amide bonds. The highest BCUT2D eigenvalue weighted by atomic mass is 79.9. The SMILES string of the molecule is OC(CC12CC3CC(CC(C3)C1)C2)c1ccc(Br)cc1. The van der Waals surface area contributed by atoms with E-state index in [0.29, 0.717) is 5.41 Å². The van der Waals surface area contributed by atoms with Crippen molar-refractivity contribution in [1.82, 2.24) is 0 Å². The van der Waals surface area contributed by atoms with Crippen LogP contribution in [0, 0.1) is 23.2 Å². The summed E-state index contributed by atoms with van der Waals surface area (Å²) >= 11 is 3.47. The van der Waals surface area contributed by atoms with E-state index in [1.807, 2.05) is 12.1 Å². The summed E-state index contributed by atoms with van der Waals surface area (Å²) in [7, 11) is 0. The lowest BCUT2D eigenvalue weighted by atomic mass is 9.48. The van der Waals surface area contributed by atoms with Crippen molar-refractivity contribution in [2.75, 3.05) is 0 Å². The standard InChI is InChI=1S/C18H23BrO/c19-16-3-1-15(2-4-16)17(20)11-18-8-12-5-13(9-18)7-14(6-12)10-18/h1-4,12-14,17,20H,5-11H2. The molecule has 108 valence electrons. The minimum atomic E-state index is -0.278. The van der Waals surface area contributed by atoms with Crippen LogP contribution in [0.2, 0.25) is 0 Å². The Hall–Kier alpha value is -0.340. The van der Waals surface area contributed by atoms with Gasteiger partial charge in [-0.2, -0.15) is 0 Å². The first-order valence-electron chi connectivity index (χ1n) is 8.05. The molecular formula is C18H23BrO. The molecule has 4 bridgehead atoms. The molecule has 4 aliphatic carbocycles. The van der Waals surface area contributed by atoms with Crippen molar-refractivity contribution in [2.24, 2.45) is 23.2 Å². The first-order valence-corrected chi connectivity index (χ1v) is 8.85. The highest BCUT2D eigenvalue weighted by Gasteiger charge is 2.51. The molecule has 0 aromatic heterocycles. The Labute approximate surface area is 129 Å². The van der Waals surface area contributed by atoms with Crippen molar-refractivity contribution < 1.29 is 5.11 Å². The maximum Gasteiger partial charge on any atom is 0.0795 e. The van der Waals surface area contributed by atoms with Crippen LogP contribution in [0.25, 0.3) is 0 Å². The summed E-state index contributed by atoms with van der Waals surface area (Å²) in [6.07, 6.45) is 9.29. The van der Waals surface area contributed by atoms with Crippen molar-refractivity contribution in [3.8, 4) is 0 Å². The third-order valence-electron chi connectivity index (χ3n) is 6.05. The Bertz CT molecular complexity index is 457. The molecule has 5 rings (SSSR count). The van der Waals surface area contributed by atoms with Gasteiger partial charge in [0.15, 0.2) is 0 Å². The first-order chi connectivity index (χ1) is 9.62. The van der Waals surface area contributed by atoms with Gasteiger partial charge < -0.3 is 5.11 Å². The van der Waals surface area contributed by atoms with E-state index < -0.39 is 0 Å².